The predicted molar refractivity (Wildman–Crippen MR) is 63.4 cm³/mol. The molecule has 0 unspecified atom stereocenters. The van der Waals surface area contributed by atoms with Gasteiger partial charge in [0.05, 0.1) is 11.3 Å². The number of carbonyl (C=O) groups is 1. The molecule has 1 aromatic rings. The van der Waals surface area contributed by atoms with Crippen LogP contribution in [0.2, 0.25) is 0 Å². The molecule has 0 saturated heterocycles. The molecule has 1 saturated carbocycles. The Morgan fingerprint density at radius 3 is 2.50 bits per heavy atom. The zero-order valence-electron chi connectivity index (χ0n) is 9.69. The van der Waals surface area contributed by atoms with E-state index in [-0.39, 0.29) is 23.9 Å². The number of hydrogen-bond donors (Lipinski definition) is 1. The maximum Gasteiger partial charge on any atom is 0.304 e. The molecule has 98 valence electrons. The van der Waals surface area contributed by atoms with Gasteiger partial charge in [-0.3, -0.25) is 9.78 Å². The quantitative estimate of drug-likeness (QED) is 0.822. The van der Waals surface area contributed by atoms with Crippen molar-refractivity contribution in [2.45, 2.75) is 30.2 Å². The van der Waals surface area contributed by atoms with Crippen LogP contribution in [-0.4, -0.2) is 41.4 Å². The maximum absolute atomic E-state index is 12.3. The summed E-state index contributed by atoms with van der Waals surface area (Å²) in [7, 11) is -3.60. The van der Waals surface area contributed by atoms with Crippen molar-refractivity contribution in [3.05, 3.63) is 24.5 Å². The second-order valence-electron chi connectivity index (χ2n) is 4.17. The van der Waals surface area contributed by atoms with E-state index >= 15 is 0 Å². The van der Waals surface area contributed by atoms with Crippen LogP contribution in [0.5, 0.6) is 0 Å². The predicted octanol–water partition coefficient (Wildman–Crippen LogP) is 0.709. The summed E-state index contributed by atoms with van der Waals surface area (Å²) in [6.07, 6.45) is 4.24. The second-order valence-corrected chi connectivity index (χ2v) is 6.06. The second kappa shape index (κ2) is 5.03. The zero-order chi connectivity index (χ0) is 13.2. The molecule has 1 aliphatic carbocycles. The molecule has 1 heterocycles. The van der Waals surface area contributed by atoms with Crippen LogP contribution in [0, 0.1) is 0 Å². The summed E-state index contributed by atoms with van der Waals surface area (Å²) in [5.74, 6) is -0.995. The van der Waals surface area contributed by atoms with E-state index in [9.17, 15) is 13.2 Å². The van der Waals surface area contributed by atoms with E-state index in [2.05, 4.69) is 4.98 Å². The number of carboxylic acids is 1. The van der Waals surface area contributed by atoms with E-state index in [1.54, 1.807) is 0 Å². The van der Waals surface area contributed by atoms with Crippen LogP contribution in [0.3, 0.4) is 0 Å². The number of rotatable bonds is 6. The minimum Gasteiger partial charge on any atom is -0.481 e. The SMILES string of the molecule is O=C(O)CCN(C1CC1)S(=O)(=O)c1ccncc1. The normalized spacial score (nSPS) is 15.8. The Bertz CT molecular complexity index is 525. The molecule has 0 aliphatic heterocycles. The fourth-order valence-corrected chi connectivity index (χ4v) is 3.38. The van der Waals surface area contributed by atoms with E-state index in [0.717, 1.165) is 12.8 Å². The third kappa shape index (κ3) is 2.85. The van der Waals surface area contributed by atoms with E-state index in [0.29, 0.717) is 0 Å². The molecular weight excluding hydrogens is 256 g/mol. The standard InChI is InChI=1S/C11H14N2O4S/c14-11(15)5-8-13(9-1-2-9)18(16,17)10-3-6-12-7-4-10/h3-4,6-7,9H,1-2,5,8H2,(H,14,15). The lowest BCUT2D eigenvalue weighted by atomic mass is 10.4. The van der Waals surface area contributed by atoms with Crippen LogP contribution in [0.25, 0.3) is 0 Å². The molecule has 1 aromatic heterocycles. The molecule has 2 rings (SSSR count). The van der Waals surface area contributed by atoms with Crippen LogP contribution < -0.4 is 0 Å². The van der Waals surface area contributed by atoms with Crippen LogP contribution >= 0.6 is 0 Å². The fourth-order valence-electron chi connectivity index (χ4n) is 1.71. The maximum atomic E-state index is 12.3. The number of hydrogen-bond acceptors (Lipinski definition) is 4. The van der Waals surface area contributed by atoms with Gasteiger partial charge in [0.15, 0.2) is 0 Å². The van der Waals surface area contributed by atoms with Crippen molar-refractivity contribution < 1.29 is 18.3 Å². The van der Waals surface area contributed by atoms with E-state index < -0.39 is 16.0 Å². The molecule has 0 atom stereocenters. The Balaban J connectivity index is 2.22. The average molecular weight is 270 g/mol. The smallest absolute Gasteiger partial charge is 0.304 e. The van der Waals surface area contributed by atoms with Crippen LogP contribution in [0.15, 0.2) is 29.4 Å². The van der Waals surface area contributed by atoms with Gasteiger partial charge < -0.3 is 5.11 Å². The van der Waals surface area contributed by atoms with Crippen molar-refractivity contribution in [1.29, 1.82) is 0 Å². The number of carboxylic acid groups (broad SMARTS) is 1. The average Bonchev–Trinajstić information content (AvgIpc) is 3.14. The topological polar surface area (TPSA) is 87.6 Å². The molecule has 1 aliphatic rings. The lowest BCUT2D eigenvalue weighted by Gasteiger charge is -2.20. The Morgan fingerprint density at radius 1 is 1.39 bits per heavy atom. The first-order chi connectivity index (χ1) is 8.51. The highest BCUT2D eigenvalue weighted by atomic mass is 32.2. The van der Waals surface area contributed by atoms with Crippen LogP contribution in [0.4, 0.5) is 0 Å². The zero-order valence-corrected chi connectivity index (χ0v) is 10.5. The Morgan fingerprint density at radius 2 is 2.00 bits per heavy atom. The van der Waals surface area contributed by atoms with Gasteiger partial charge in [0.25, 0.3) is 0 Å². The Hall–Kier alpha value is -1.47. The first-order valence-electron chi connectivity index (χ1n) is 5.65. The third-order valence-corrected chi connectivity index (χ3v) is 4.72. The first kappa shape index (κ1) is 13.0. The molecule has 0 amide bonds. The fraction of sp³-hybridized carbons (Fsp3) is 0.455. The Kier molecular flexibility index (Phi) is 3.63. The van der Waals surface area contributed by atoms with Gasteiger partial charge in [-0.15, -0.1) is 0 Å². The van der Waals surface area contributed by atoms with Gasteiger partial charge in [0.1, 0.15) is 0 Å². The summed E-state index contributed by atoms with van der Waals surface area (Å²) in [5, 5.41) is 8.67. The highest BCUT2D eigenvalue weighted by molar-refractivity contribution is 7.89. The number of aliphatic carboxylic acids is 1. The number of sulfonamides is 1. The summed E-state index contributed by atoms with van der Waals surface area (Å²) in [4.78, 5) is 14.5. The van der Waals surface area contributed by atoms with Crippen molar-refractivity contribution in [1.82, 2.24) is 9.29 Å². The number of aromatic nitrogens is 1. The van der Waals surface area contributed by atoms with Crippen molar-refractivity contribution in [3.8, 4) is 0 Å². The van der Waals surface area contributed by atoms with E-state index in [1.165, 1.54) is 28.8 Å². The van der Waals surface area contributed by atoms with E-state index in [1.807, 2.05) is 0 Å². The minimum absolute atomic E-state index is 0.0185. The lowest BCUT2D eigenvalue weighted by Crippen LogP contribution is -2.35. The van der Waals surface area contributed by atoms with Crippen LogP contribution in [0.1, 0.15) is 19.3 Å². The van der Waals surface area contributed by atoms with Gasteiger partial charge in [-0.2, -0.15) is 4.31 Å². The summed E-state index contributed by atoms with van der Waals surface area (Å²) >= 11 is 0. The van der Waals surface area contributed by atoms with Crippen molar-refractivity contribution in [2.75, 3.05) is 6.54 Å². The summed E-state index contributed by atoms with van der Waals surface area (Å²) in [6, 6.07) is 2.79. The molecular formula is C11H14N2O4S. The largest absolute Gasteiger partial charge is 0.481 e. The highest BCUT2D eigenvalue weighted by Crippen LogP contribution is 2.31. The third-order valence-electron chi connectivity index (χ3n) is 2.76. The van der Waals surface area contributed by atoms with Crippen molar-refractivity contribution in [2.24, 2.45) is 0 Å². The molecule has 1 fully saturated rings. The lowest BCUT2D eigenvalue weighted by molar-refractivity contribution is -0.137. The summed E-state index contributed by atoms with van der Waals surface area (Å²) in [6.45, 7) is 0.0185. The molecule has 0 spiro atoms. The van der Waals surface area contributed by atoms with Gasteiger partial charge in [0.2, 0.25) is 10.0 Å². The van der Waals surface area contributed by atoms with Gasteiger partial charge in [-0.1, -0.05) is 0 Å². The van der Waals surface area contributed by atoms with Crippen molar-refractivity contribution >= 4 is 16.0 Å². The molecule has 0 bridgehead atoms. The highest BCUT2D eigenvalue weighted by Gasteiger charge is 2.37. The number of nitrogens with zero attached hydrogens (tertiary/aromatic N) is 2. The number of pyridine rings is 1. The van der Waals surface area contributed by atoms with Gasteiger partial charge in [0, 0.05) is 25.0 Å². The monoisotopic (exact) mass is 270 g/mol. The molecule has 7 heteroatoms. The molecule has 6 nitrogen and oxygen atoms in total. The first-order valence-corrected chi connectivity index (χ1v) is 7.09. The summed E-state index contributed by atoms with van der Waals surface area (Å²) < 4.78 is 26.0. The van der Waals surface area contributed by atoms with Gasteiger partial charge in [-0.05, 0) is 25.0 Å². The minimum atomic E-state index is -3.60. The molecule has 0 aromatic carbocycles. The van der Waals surface area contributed by atoms with E-state index in [4.69, 9.17) is 5.11 Å². The molecule has 18 heavy (non-hydrogen) atoms. The Labute approximate surface area is 105 Å². The van der Waals surface area contributed by atoms with Crippen LogP contribution in [-0.2, 0) is 14.8 Å². The molecule has 0 radical (unpaired) electrons. The molecule has 1 N–H and O–H groups in total. The van der Waals surface area contributed by atoms with Gasteiger partial charge in [-0.25, -0.2) is 8.42 Å². The summed E-state index contributed by atoms with van der Waals surface area (Å²) in [5.41, 5.74) is 0. The van der Waals surface area contributed by atoms with Crippen molar-refractivity contribution in [3.63, 3.8) is 0 Å². The van der Waals surface area contributed by atoms with Gasteiger partial charge >= 0.3 is 5.97 Å².